The molecule has 19 heavy (non-hydrogen) atoms. The van der Waals surface area contributed by atoms with E-state index < -0.39 is 0 Å². The van der Waals surface area contributed by atoms with Crippen LogP contribution in [0.25, 0.3) is 0 Å². The van der Waals surface area contributed by atoms with Crippen LogP contribution in [0.2, 0.25) is 0 Å². The molecule has 1 aliphatic rings. The number of hydrogen-bond donors (Lipinski definition) is 0. The van der Waals surface area contributed by atoms with Crippen LogP contribution in [0, 0.1) is 18.3 Å². The van der Waals surface area contributed by atoms with Crippen molar-refractivity contribution in [3.8, 4) is 12.3 Å². The van der Waals surface area contributed by atoms with Crippen molar-refractivity contribution in [2.75, 3.05) is 26.3 Å². The number of nitrogens with zero attached hydrogens (tertiary/aromatic N) is 2. The molecule has 1 aromatic heterocycles. The highest BCUT2D eigenvalue weighted by Crippen LogP contribution is 2.19. The number of likely N-dealkylation sites (tertiary alicyclic amines) is 1. The number of amides is 1. The van der Waals surface area contributed by atoms with Gasteiger partial charge in [-0.1, -0.05) is 5.92 Å². The fraction of sp³-hybridized carbons (Fsp3) is 0.467. The molecule has 2 rings (SSSR count). The van der Waals surface area contributed by atoms with Gasteiger partial charge in [-0.2, -0.15) is 0 Å². The van der Waals surface area contributed by atoms with Crippen LogP contribution in [-0.2, 0) is 4.74 Å². The van der Waals surface area contributed by atoms with Crippen molar-refractivity contribution in [1.29, 1.82) is 0 Å². The van der Waals surface area contributed by atoms with Crippen molar-refractivity contribution in [3.63, 3.8) is 0 Å². The summed E-state index contributed by atoms with van der Waals surface area (Å²) in [4.78, 5) is 18.1. The molecule has 1 aliphatic heterocycles. The molecule has 2 heterocycles. The Hall–Kier alpha value is -1.86. The standard InChI is InChI=1S/C15H18N2O2/c1-2-10-19-12-13-5-8-17(9-6-13)15(18)14-4-3-7-16-11-14/h1,3-4,7,11,13H,5-6,8-10,12H2. The smallest absolute Gasteiger partial charge is 0.255 e. The number of ether oxygens (including phenoxy) is 1. The van der Waals surface area contributed by atoms with Crippen LogP contribution in [0.3, 0.4) is 0 Å². The first-order valence-electron chi connectivity index (χ1n) is 6.51. The van der Waals surface area contributed by atoms with E-state index in [9.17, 15) is 4.79 Å². The molecule has 4 heteroatoms. The predicted molar refractivity (Wildman–Crippen MR) is 72.5 cm³/mol. The van der Waals surface area contributed by atoms with Gasteiger partial charge in [0, 0.05) is 25.5 Å². The SMILES string of the molecule is C#CCOCC1CCN(C(=O)c2cccnc2)CC1. The Kier molecular flexibility index (Phi) is 4.93. The van der Waals surface area contributed by atoms with E-state index >= 15 is 0 Å². The van der Waals surface area contributed by atoms with Crippen LogP contribution in [0.15, 0.2) is 24.5 Å². The van der Waals surface area contributed by atoms with Gasteiger partial charge in [-0.15, -0.1) is 6.42 Å². The summed E-state index contributed by atoms with van der Waals surface area (Å²) >= 11 is 0. The quantitative estimate of drug-likeness (QED) is 0.608. The van der Waals surface area contributed by atoms with Crippen molar-refractivity contribution in [2.45, 2.75) is 12.8 Å². The van der Waals surface area contributed by atoms with E-state index in [1.54, 1.807) is 24.5 Å². The molecular weight excluding hydrogens is 240 g/mol. The fourth-order valence-corrected chi connectivity index (χ4v) is 2.26. The Labute approximate surface area is 113 Å². The Bertz CT molecular complexity index is 445. The van der Waals surface area contributed by atoms with Gasteiger partial charge in [0.25, 0.3) is 5.91 Å². The van der Waals surface area contributed by atoms with E-state index in [4.69, 9.17) is 11.2 Å². The van der Waals surface area contributed by atoms with Gasteiger partial charge >= 0.3 is 0 Å². The number of pyridine rings is 1. The molecule has 0 unspecified atom stereocenters. The number of piperidine rings is 1. The average molecular weight is 258 g/mol. The maximum Gasteiger partial charge on any atom is 0.255 e. The van der Waals surface area contributed by atoms with Gasteiger partial charge in [0.05, 0.1) is 12.2 Å². The van der Waals surface area contributed by atoms with Gasteiger partial charge in [0.1, 0.15) is 6.61 Å². The molecule has 0 spiro atoms. The van der Waals surface area contributed by atoms with Gasteiger partial charge in [0.2, 0.25) is 0 Å². The van der Waals surface area contributed by atoms with Gasteiger partial charge in [-0.25, -0.2) is 0 Å². The lowest BCUT2D eigenvalue weighted by atomic mass is 9.97. The molecule has 1 fully saturated rings. The Balaban J connectivity index is 1.80. The van der Waals surface area contributed by atoms with Crippen LogP contribution in [0.4, 0.5) is 0 Å². The van der Waals surface area contributed by atoms with E-state index in [0.29, 0.717) is 24.7 Å². The molecule has 0 bridgehead atoms. The van der Waals surface area contributed by atoms with Crippen molar-refractivity contribution in [3.05, 3.63) is 30.1 Å². The lowest BCUT2D eigenvalue weighted by molar-refractivity contribution is 0.0581. The molecule has 0 aromatic carbocycles. The van der Waals surface area contributed by atoms with Crippen molar-refractivity contribution >= 4 is 5.91 Å². The third-order valence-corrected chi connectivity index (χ3v) is 3.35. The number of aromatic nitrogens is 1. The molecule has 0 radical (unpaired) electrons. The molecule has 0 saturated carbocycles. The highest BCUT2D eigenvalue weighted by molar-refractivity contribution is 5.93. The van der Waals surface area contributed by atoms with Gasteiger partial charge in [-0.05, 0) is 30.9 Å². The Morgan fingerprint density at radius 3 is 2.95 bits per heavy atom. The summed E-state index contributed by atoms with van der Waals surface area (Å²) in [7, 11) is 0. The summed E-state index contributed by atoms with van der Waals surface area (Å²) in [6.45, 7) is 2.61. The topological polar surface area (TPSA) is 42.4 Å². The van der Waals surface area contributed by atoms with Crippen LogP contribution in [-0.4, -0.2) is 42.1 Å². The molecule has 1 saturated heterocycles. The Morgan fingerprint density at radius 2 is 2.32 bits per heavy atom. The van der Waals surface area contributed by atoms with E-state index in [2.05, 4.69) is 10.9 Å². The minimum absolute atomic E-state index is 0.0658. The highest BCUT2D eigenvalue weighted by Gasteiger charge is 2.23. The second-order valence-electron chi connectivity index (χ2n) is 4.70. The summed E-state index contributed by atoms with van der Waals surface area (Å²) < 4.78 is 5.35. The number of terminal acetylenes is 1. The van der Waals surface area contributed by atoms with Crippen LogP contribution < -0.4 is 0 Å². The molecule has 4 nitrogen and oxygen atoms in total. The van der Waals surface area contributed by atoms with E-state index in [1.165, 1.54) is 0 Å². The summed E-state index contributed by atoms with van der Waals surface area (Å²) in [5.74, 6) is 3.03. The summed E-state index contributed by atoms with van der Waals surface area (Å²) in [6, 6.07) is 3.59. The van der Waals surface area contributed by atoms with Gasteiger partial charge in [-0.3, -0.25) is 9.78 Å². The molecule has 100 valence electrons. The number of carbonyl (C=O) groups excluding carboxylic acids is 1. The van der Waals surface area contributed by atoms with Crippen LogP contribution >= 0.6 is 0 Å². The third-order valence-electron chi connectivity index (χ3n) is 3.35. The number of hydrogen-bond acceptors (Lipinski definition) is 3. The second-order valence-corrected chi connectivity index (χ2v) is 4.70. The zero-order chi connectivity index (χ0) is 13.5. The van der Waals surface area contributed by atoms with E-state index in [0.717, 1.165) is 25.9 Å². The predicted octanol–water partition coefficient (Wildman–Crippen LogP) is 1.58. The summed E-state index contributed by atoms with van der Waals surface area (Å²) in [6.07, 6.45) is 10.4. The minimum Gasteiger partial charge on any atom is -0.369 e. The lowest BCUT2D eigenvalue weighted by Crippen LogP contribution is -2.39. The molecule has 0 aliphatic carbocycles. The third kappa shape index (κ3) is 3.80. The molecule has 0 atom stereocenters. The summed E-state index contributed by atoms with van der Waals surface area (Å²) in [5.41, 5.74) is 0.657. The van der Waals surface area contributed by atoms with E-state index in [1.807, 2.05) is 4.90 Å². The Morgan fingerprint density at radius 1 is 1.53 bits per heavy atom. The fourth-order valence-electron chi connectivity index (χ4n) is 2.26. The zero-order valence-electron chi connectivity index (χ0n) is 10.9. The molecular formula is C15H18N2O2. The van der Waals surface area contributed by atoms with Gasteiger partial charge < -0.3 is 9.64 Å². The van der Waals surface area contributed by atoms with Gasteiger partial charge in [0.15, 0.2) is 0 Å². The first-order valence-corrected chi connectivity index (χ1v) is 6.51. The maximum atomic E-state index is 12.2. The monoisotopic (exact) mass is 258 g/mol. The highest BCUT2D eigenvalue weighted by atomic mass is 16.5. The normalized spacial score (nSPS) is 16.1. The first-order chi connectivity index (χ1) is 9.31. The lowest BCUT2D eigenvalue weighted by Gasteiger charge is -2.31. The number of carbonyl (C=O) groups is 1. The largest absolute Gasteiger partial charge is 0.369 e. The zero-order valence-corrected chi connectivity index (χ0v) is 10.9. The van der Waals surface area contributed by atoms with Crippen molar-refractivity contribution < 1.29 is 9.53 Å². The first kappa shape index (κ1) is 13.6. The van der Waals surface area contributed by atoms with Crippen molar-refractivity contribution in [2.24, 2.45) is 5.92 Å². The van der Waals surface area contributed by atoms with Crippen molar-refractivity contribution in [1.82, 2.24) is 9.88 Å². The molecule has 1 aromatic rings. The van der Waals surface area contributed by atoms with Crippen LogP contribution in [0.5, 0.6) is 0 Å². The second kappa shape index (κ2) is 6.91. The van der Waals surface area contributed by atoms with E-state index in [-0.39, 0.29) is 5.91 Å². The molecule has 0 N–H and O–H groups in total. The molecule has 1 amide bonds. The minimum atomic E-state index is 0.0658. The number of rotatable bonds is 4. The maximum absolute atomic E-state index is 12.2. The van der Waals surface area contributed by atoms with Crippen LogP contribution in [0.1, 0.15) is 23.2 Å². The summed E-state index contributed by atoms with van der Waals surface area (Å²) in [5, 5.41) is 0. The average Bonchev–Trinajstić information content (AvgIpc) is 2.48.